The lowest BCUT2D eigenvalue weighted by Crippen LogP contribution is -2.59. The number of nitrogens with one attached hydrogen (secondary N) is 1. The van der Waals surface area contributed by atoms with Crippen LogP contribution < -0.4 is 5.32 Å². The highest BCUT2D eigenvalue weighted by Gasteiger charge is 2.35. The maximum absolute atomic E-state index is 6.41. The Balaban J connectivity index is 2.19. The van der Waals surface area contributed by atoms with Crippen molar-refractivity contribution in [1.82, 2.24) is 10.2 Å². The quantitative estimate of drug-likeness (QED) is 0.826. The minimum Gasteiger partial charge on any atom is -0.311 e. The van der Waals surface area contributed by atoms with Gasteiger partial charge in [-0.05, 0) is 29.5 Å². The summed E-state index contributed by atoms with van der Waals surface area (Å²) in [6.07, 6.45) is 1.17. The monoisotopic (exact) mass is 372 g/mol. The molecule has 118 valence electrons. The van der Waals surface area contributed by atoms with Crippen LogP contribution in [0.1, 0.15) is 39.7 Å². The number of rotatable bonds is 3. The van der Waals surface area contributed by atoms with Gasteiger partial charge >= 0.3 is 0 Å². The van der Waals surface area contributed by atoms with E-state index in [9.17, 15) is 0 Å². The first-order chi connectivity index (χ1) is 9.81. The Hall–Kier alpha value is -0.0900. The molecule has 1 aromatic carbocycles. The van der Waals surface area contributed by atoms with Crippen LogP contribution in [-0.4, -0.2) is 30.1 Å². The summed E-state index contributed by atoms with van der Waals surface area (Å²) in [7, 11) is 0. The average molecular weight is 374 g/mol. The number of piperazine rings is 1. The molecule has 0 saturated carbocycles. The Bertz CT molecular complexity index is 484. The van der Waals surface area contributed by atoms with E-state index < -0.39 is 0 Å². The summed E-state index contributed by atoms with van der Waals surface area (Å²) >= 11 is 9.89. The molecule has 1 N–H and O–H groups in total. The van der Waals surface area contributed by atoms with Gasteiger partial charge in [0.05, 0.1) is 0 Å². The zero-order chi connectivity index (χ0) is 15.6. The summed E-state index contributed by atoms with van der Waals surface area (Å²) in [5.74, 6) is 0. The van der Waals surface area contributed by atoms with Gasteiger partial charge in [0.25, 0.3) is 0 Å². The number of hydrogen-bond donors (Lipinski definition) is 1. The van der Waals surface area contributed by atoms with Crippen molar-refractivity contribution >= 4 is 27.5 Å². The van der Waals surface area contributed by atoms with E-state index in [-0.39, 0.29) is 5.41 Å². The minimum absolute atomic E-state index is 0.257. The maximum atomic E-state index is 6.41. The van der Waals surface area contributed by atoms with Crippen molar-refractivity contribution in [3.05, 3.63) is 33.3 Å². The minimum atomic E-state index is 0.257. The molecule has 0 radical (unpaired) electrons. The van der Waals surface area contributed by atoms with Crippen molar-refractivity contribution < 1.29 is 0 Å². The van der Waals surface area contributed by atoms with Gasteiger partial charge in [-0.15, -0.1) is 0 Å². The average Bonchev–Trinajstić information content (AvgIpc) is 2.40. The van der Waals surface area contributed by atoms with E-state index in [0.29, 0.717) is 12.1 Å². The fraction of sp³-hybridized carbons (Fsp3) is 0.647. The lowest BCUT2D eigenvalue weighted by atomic mass is 9.83. The highest BCUT2D eigenvalue weighted by Crippen LogP contribution is 2.30. The molecule has 1 fully saturated rings. The SMILES string of the molecule is CCC1CN(Cc2ccc(Br)cc2Cl)C(C(C)(C)C)CN1. The fourth-order valence-electron chi connectivity index (χ4n) is 3.05. The zero-order valence-corrected chi connectivity index (χ0v) is 15.8. The van der Waals surface area contributed by atoms with Gasteiger partial charge in [-0.3, -0.25) is 4.90 Å². The van der Waals surface area contributed by atoms with Crippen molar-refractivity contribution in [3.63, 3.8) is 0 Å². The molecular formula is C17H26BrClN2. The van der Waals surface area contributed by atoms with Crippen LogP contribution in [0, 0.1) is 5.41 Å². The predicted molar refractivity (Wildman–Crippen MR) is 94.9 cm³/mol. The van der Waals surface area contributed by atoms with Crippen molar-refractivity contribution in [2.45, 2.75) is 52.7 Å². The van der Waals surface area contributed by atoms with Crippen LogP contribution in [0.15, 0.2) is 22.7 Å². The van der Waals surface area contributed by atoms with E-state index in [2.05, 4.69) is 66.0 Å². The molecule has 0 aliphatic carbocycles. The van der Waals surface area contributed by atoms with Gasteiger partial charge < -0.3 is 5.32 Å². The highest BCUT2D eigenvalue weighted by molar-refractivity contribution is 9.10. The van der Waals surface area contributed by atoms with Crippen LogP contribution in [0.4, 0.5) is 0 Å². The van der Waals surface area contributed by atoms with Crippen LogP contribution in [0.2, 0.25) is 5.02 Å². The standard InChI is InChI=1S/C17H26BrClN2/c1-5-14-11-21(16(9-20-14)17(2,3)4)10-12-6-7-13(18)8-15(12)19/h6-8,14,16,20H,5,9-11H2,1-4H3. The number of hydrogen-bond acceptors (Lipinski definition) is 2. The molecule has 1 heterocycles. The van der Waals surface area contributed by atoms with Crippen LogP contribution in [0.25, 0.3) is 0 Å². The highest BCUT2D eigenvalue weighted by atomic mass is 79.9. The van der Waals surface area contributed by atoms with Crippen LogP contribution in [0.5, 0.6) is 0 Å². The second-order valence-corrected chi connectivity index (χ2v) is 8.38. The first-order valence-corrected chi connectivity index (χ1v) is 8.89. The molecule has 21 heavy (non-hydrogen) atoms. The number of halogens is 2. The van der Waals surface area contributed by atoms with Crippen molar-refractivity contribution in [2.24, 2.45) is 5.41 Å². The second kappa shape index (κ2) is 6.99. The Morgan fingerprint density at radius 1 is 1.38 bits per heavy atom. The molecular weight excluding hydrogens is 348 g/mol. The molecule has 0 bridgehead atoms. The van der Waals surface area contributed by atoms with E-state index in [1.165, 1.54) is 12.0 Å². The van der Waals surface area contributed by atoms with E-state index in [1.54, 1.807) is 0 Å². The van der Waals surface area contributed by atoms with Gasteiger partial charge in [0.2, 0.25) is 0 Å². The van der Waals surface area contributed by atoms with Crippen molar-refractivity contribution in [1.29, 1.82) is 0 Å². The topological polar surface area (TPSA) is 15.3 Å². The summed E-state index contributed by atoms with van der Waals surface area (Å²) in [5, 5.41) is 4.53. The van der Waals surface area contributed by atoms with E-state index >= 15 is 0 Å². The third-order valence-corrected chi connectivity index (χ3v) is 5.22. The molecule has 0 amide bonds. The molecule has 0 aromatic heterocycles. The number of benzene rings is 1. The van der Waals surface area contributed by atoms with E-state index in [1.807, 2.05) is 6.07 Å². The molecule has 2 nitrogen and oxygen atoms in total. The molecule has 2 atom stereocenters. The molecule has 1 aromatic rings. The summed E-state index contributed by atoms with van der Waals surface area (Å²) in [4.78, 5) is 2.60. The molecule has 2 rings (SSSR count). The van der Waals surface area contributed by atoms with E-state index in [4.69, 9.17) is 11.6 Å². The zero-order valence-electron chi connectivity index (χ0n) is 13.4. The number of nitrogens with zero attached hydrogens (tertiary/aromatic N) is 1. The molecule has 0 spiro atoms. The summed E-state index contributed by atoms with van der Waals surface area (Å²) in [5.41, 5.74) is 1.47. The fourth-order valence-corrected chi connectivity index (χ4v) is 3.79. The Morgan fingerprint density at radius 3 is 2.67 bits per heavy atom. The van der Waals surface area contributed by atoms with Crippen LogP contribution in [0.3, 0.4) is 0 Å². The van der Waals surface area contributed by atoms with Gasteiger partial charge in [-0.25, -0.2) is 0 Å². The third kappa shape index (κ3) is 4.44. The summed E-state index contributed by atoms with van der Waals surface area (Å²) < 4.78 is 1.04. The Morgan fingerprint density at radius 2 is 2.10 bits per heavy atom. The molecule has 4 heteroatoms. The smallest absolute Gasteiger partial charge is 0.0462 e. The van der Waals surface area contributed by atoms with Crippen LogP contribution >= 0.6 is 27.5 Å². The van der Waals surface area contributed by atoms with Gasteiger partial charge in [-0.2, -0.15) is 0 Å². The van der Waals surface area contributed by atoms with Crippen LogP contribution in [-0.2, 0) is 6.54 Å². The van der Waals surface area contributed by atoms with Gasteiger partial charge in [0.15, 0.2) is 0 Å². The Kier molecular flexibility index (Phi) is 5.75. The predicted octanol–water partition coefficient (Wildman–Crippen LogP) is 4.70. The first-order valence-electron chi connectivity index (χ1n) is 7.72. The molecule has 1 saturated heterocycles. The molecule has 1 aliphatic rings. The lowest BCUT2D eigenvalue weighted by Gasteiger charge is -2.46. The van der Waals surface area contributed by atoms with E-state index in [0.717, 1.165) is 29.1 Å². The molecule has 2 unspecified atom stereocenters. The van der Waals surface area contributed by atoms with Gasteiger partial charge in [-0.1, -0.05) is 61.3 Å². The third-order valence-electron chi connectivity index (χ3n) is 4.38. The largest absolute Gasteiger partial charge is 0.311 e. The lowest BCUT2D eigenvalue weighted by molar-refractivity contribution is 0.0485. The van der Waals surface area contributed by atoms with Gasteiger partial charge in [0, 0.05) is 41.2 Å². The summed E-state index contributed by atoms with van der Waals surface area (Å²) in [6.45, 7) is 12.3. The maximum Gasteiger partial charge on any atom is 0.0462 e. The van der Waals surface area contributed by atoms with Crippen molar-refractivity contribution in [3.8, 4) is 0 Å². The normalized spacial score (nSPS) is 24.3. The van der Waals surface area contributed by atoms with Crippen molar-refractivity contribution in [2.75, 3.05) is 13.1 Å². The van der Waals surface area contributed by atoms with Gasteiger partial charge in [0.1, 0.15) is 0 Å². The molecule has 1 aliphatic heterocycles. The second-order valence-electron chi connectivity index (χ2n) is 7.06. The first kappa shape index (κ1) is 17.3. The summed E-state index contributed by atoms with van der Waals surface area (Å²) in [6, 6.07) is 7.31. The Labute approximate surface area is 142 Å².